The number of rotatable bonds is 4. The lowest BCUT2D eigenvalue weighted by atomic mass is 9.79. The zero-order valence-electron chi connectivity index (χ0n) is 8.42. The van der Waals surface area contributed by atoms with Gasteiger partial charge in [0.2, 0.25) is 0 Å². The van der Waals surface area contributed by atoms with Crippen molar-refractivity contribution in [2.45, 2.75) is 38.1 Å². The van der Waals surface area contributed by atoms with Crippen molar-refractivity contribution in [3.8, 4) is 0 Å². The van der Waals surface area contributed by atoms with Crippen molar-refractivity contribution in [1.82, 2.24) is 5.32 Å². The molecule has 14 heavy (non-hydrogen) atoms. The topological polar surface area (TPSA) is 12.0 Å². The lowest BCUT2D eigenvalue weighted by Crippen LogP contribution is -2.40. The molecule has 1 nitrogen and oxygen atoms in total. The smallest absolute Gasteiger partial charge is 0.0931 e. The molecular weight excluding hydrogens is 214 g/mol. The van der Waals surface area contributed by atoms with Crippen LogP contribution >= 0.6 is 22.9 Å². The summed E-state index contributed by atoms with van der Waals surface area (Å²) in [5.74, 6) is 0.766. The van der Waals surface area contributed by atoms with Crippen LogP contribution in [0.1, 0.15) is 37.0 Å². The van der Waals surface area contributed by atoms with Crippen molar-refractivity contribution in [2.75, 3.05) is 6.54 Å². The average Bonchev–Trinajstić information content (AvgIpc) is 2.49. The zero-order valence-corrected chi connectivity index (χ0v) is 10.00. The maximum atomic E-state index is 5.91. The molecule has 1 heterocycles. The minimum absolute atomic E-state index is 0.751. The molecule has 0 atom stereocenters. The largest absolute Gasteiger partial charge is 0.314 e. The summed E-state index contributed by atoms with van der Waals surface area (Å²) in [6, 6.07) is 4.93. The third-order valence-electron chi connectivity index (χ3n) is 2.82. The van der Waals surface area contributed by atoms with E-state index in [1.165, 1.54) is 24.1 Å². The van der Waals surface area contributed by atoms with E-state index in [1.54, 1.807) is 11.3 Å². The molecule has 1 fully saturated rings. The van der Waals surface area contributed by atoms with Crippen molar-refractivity contribution in [1.29, 1.82) is 0 Å². The lowest BCUT2D eigenvalue weighted by Gasteiger charge is -2.35. The van der Waals surface area contributed by atoms with Crippen LogP contribution in [0.4, 0.5) is 0 Å². The first kappa shape index (κ1) is 10.5. The van der Waals surface area contributed by atoms with Crippen LogP contribution < -0.4 is 5.32 Å². The lowest BCUT2D eigenvalue weighted by molar-refractivity contribution is 0.295. The summed E-state index contributed by atoms with van der Waals surface area (Å²) in [6.45, 7) is 3.37. The fourth-order valence-electron chi connectivity index (χ4n) is 1.91. The van der Waals surface area contributed by atoms with Crippen molar-refractivity contribution < 1.29 is 0 Å². The van der Waals surface area contributed by atoms with Gasteiger partial charge in [-0.05, 0) is 43.9 Å². The molecule has 1 N–H and O–H groups in total. The molecule has 0 saturated heterocycles. The second kappa shape index (κ2) is 4.65. The number of halogens is 1. The number of hydrogen-bond donors (Lipinski definition) is 1. The summed E-state index contributed by atoms with van der Waals surface area (Å²) >= 11 is 7.64. The van der Waals surface area contributed by atoms with E-state index >= 15 is 0 Å². The van der Waals surface area contributed by atoms with E-state index in [0.717, 1.165) is 22.8 Å². The molecule has 78 valence electrons. The van der Waals surface area contributed by atoms with Crippen LogP contribution in [0.2, 0.25) is 4.34 Å². The van der Waals surface area contributed by atoms with Crippen LogP contribution in [0.25, 0.3) is 0 Å². The Morgan fingerprint density at radius 1 is 1.50 bits per heavy atom. The van der Waals surface area contributed by atoms with Crippen LogP contribution in [0.15, 0.2) is 12.1 Å². The van der Waals surface area contributed by atoms with E-state index in [0.29, 0.717) is 0 Å². The highest BCUT2D eigenvalue weighted by Gasteiger charge is 2.30. The van der Waals surface area contributed by atoms with Gasteiger partial charge in [0.05, 0.1) is 4.34 Å². The van der Waals surface area contributed by atoms with E-state index in [9.17, 15) is 0 Å². The van der Waals surface area contributed by atoms with Gasteiger partial charge in [-0.1, -0.05) is 18.5 Å². The normalized spacial score (nSPS) is 26.1. The third-order valence-corrected chi connectivity index (χ3v) is 4.21. The van der Waals surface area contributed by atoms with Gasteiger partial charge >= 0.3 is 0 Å². The maximum Gasteiger partial charge on any atom is 0.0931 e. The fourth-order valence-corrected chi connectivity index (χ4v) is 3.10. The standard InChI is InChI=1S/C11H16ClNS/c1-2-5-13-9-6-8(7-9)10-3-4-11(12)14-10/h3-4,8-9,13H,2,5-7H2,1H3. The second-order valence-corrected chi connectivity index (χ2v) is 5.71. The van der Waals surface area contributed by atoms with Gasteiger partial charge < -0.3 is 5.32 Å². The van der Waals surface area contributed by atoms with Gasteiger partial charge in [0.15, 0.2) is 0 Å². The molecule has 2 rings (SSSR count). The zero-order chi connectivity index (χ0) is 9.97. The Labute approximate surface area is 94.5 Å². The Hall–Kier alpha value is -0.0500. The van der Waals surface area contributed by atoms with Crippen LogP contribution in [-0.4, -0.2) is 12.6 Å². The van der Waals surface area contributed by atoms with Gasteiger partial charge in [0.25, 0.3) is 0 Å². The Kier molecular flexibility index (Phi) is 3.47. The van der Waals surface area contributed by atoms with Crippen LogP contribution in [-0.2, 0) is 0 Å². The minimum atomic E-state index is 0.751. The predicted octanol–water partition coefficient (Wildman–Crippen LogP) is 3.65. The van der Waals surface area contributed by atoms with Crippen LogP contribution in [0, 0.1) is 0 Å². The first-order valence-corrected chi connectivity index (χ1v) is 6.47. The van der Waals surface area contributed by atoms with Gasteiger partial charge in [-0.3, -0.25) is 0 Å². The minimum Gasteiger partial charge on any atom is -0.314 e. The van der Waals surface area contributed by atoms with E-state index in [-0.39, 0.29) is 0 Å². The van der Waals surface area contributed by atoms with Crippen molar-refractivity contribution >= 4 is 22.9 Å². The summed E-state index contributed by atoms with van der Waals surface area (Å²) in [4.78, 5) is 1.46. The molecule has 1 aromatic heterocycles. The Bertz CT molecular complexity index is 291. The Morgan fingerprint density at radius 3 is 2.86 bits per heavy atom. The summed E-state index contributed by atoms with van der Waals surface area (Å²) < 4.78 is 0.921. The van der Waals surface area contributed by atoms with E-state index in [1.807, 2.05) is 6.07 Å². The first-order chi connectivity index (χ1) is 6.79. The average molecular weight is 230 g/mol. The monoisotopic (exact) mass is 229 g/mol. The summed E-state index contributed by atoms with van der Waals surface area (Å²) in [5.41, 5.74) is 0. The molecule has 1 aliphatic carbocycles. The van der Waals surface area contributed by atoms with Crippen LogP contribution in [0.3, 0.4) is 0 Å². The molecule has 1 saturated carbocycles. The van der Waals surface area contributed by atoms with Gasteiger partial charge in [0.1, 0.15) is 0 Å². The van der Waals surface area contributed by atoms with Gasteiger partial charge in [-0.15, -0.1) is 11.3 Å². The second-order valence-electron chi connectivity index (χ2n) is 3.96. The number of hydrogen-bond acceptors (Lipinski definition) is 2. The SMILES string of the molecule is CCCNC1CC(c2ccc(Cl)s2)C1. The maximum absolute atomic E-state index is 5.91. The van der Waals surface area contributed by atoms with Crippen molar-refractivity contribution in [3.05, 3.63) is 21.3 Å². The highest BCUT2D eigenvalue weighted by molar-refractivity contribution is 7.16. The molecule has 0 amide bonds. The van der Waals surface area contributed by atoms with Crippen molar-refractivity contribution in [3.63, 3.8) is 0 Å². The molecule has 3 heteroatoms. The fraction of sp³-hybridized carbons (Fsp3) is 0.636. The number of thiophene rings is 1. The molecule has 0 aromatic carbocycles. The Morgan fingerprint density at radius 2 is 2.29 bits per heavy atom. The molecule has 0 radical (unpaired) electrons. The molecule has 0 unspecified atom stereocenters. The quantitative estimate of drug-likeness (QED) is 0.831. The highest BCUT2D eigenvalue weighted by Crippen LogP contribution is 2.40. The van der Waals surface area contributed by atoms with Crippen LogP contribution in [0.5, 0.6) is 0 Å². The summed E-state index contributed by atoms with van der Waals surface area (Å²) in [5, 5.41) is 3.55. The number of nitrogens with one attached hydrogen (secondary N) is 1. The molecule has 0 spiro atoms. The predicted molar refractivity (Wildman–Crippen MR) is 63.4 cm³/mol. The first-order valence-electron chi connectivity index (χ1n) is 5.28. The van der Waals surface area contributed by atoms with Gasteiger partial charge in [0, 0.05) is 10.9 Å². The van der Waals surface area contributed by atoms with Gasteiger partial charge in [-0.25, -0.2) is 0 Å². The van der Waals surface area contributed by atoms with E-state index in [2.05, 4.69) is 18.3 Å². The molecular formula is C11H16ClNS. The Balaban J connectivity index is 1.77. The molecule has 0 bridgehead atoms. The van der Waals surface area contributed by atoms with Gasteiger partial charge in [-0.2, -0.15) is 0 Å². The highest BCUT2D eigenvalue weighted by atomic mass is 35.5. The van der Waals surface area contributed by atoms with E-state index in [4.69, 9.17) is 11.6 Å². The summed E-state index contributed by atoms with van der Waals surface area (Å²) in [7, 11) is 0. The molecule has 1 aliphatic rings. The molecule has 1 aromatic rings. The third kappa shape index (κ3) is 2.30. The molecule has 0 aliphatic heterocycles. The van der Waals surface area contributed by atoms with Crippen molar-refractivity contribution in [2.24, 2.45) is 0 Å². The van der Waals surface area contributed by atoms with E-state index < -0.39 is 0 Å². The summed E-state index contributed by atoms with van der Waals surface area (Å²) in [6.07, 6.45) is 3.81.